The first kappa shape index (κ1) is 16.3. The summed E-state index contributed by atoms with van der Waals surface area (Å²) >= 11 is 0. The zero-order valence-electron chi connectivity index (χ0n) is 12.5. The largest absolute Gasteiger partial charge is 0.448 e. The molecule has 22 heavy (non-hydrogen) atoms. The van der Waals surface area contributed by atoms with E-state index >= 15 is 0 Å². The van der Waals surface area contributed by atoms with Gasteiger partial charge in [0, 0.05) is 6.42 Å². The molecule has 0 amide bonds. The Morgan fingerprint density at radius 3 is 2.50 bits per heavy atom. The van der Waals surface area contributed by atoms with Crippen LogP contribution in [0.15, 0.2) is 42.5 Å². The van der Waals surface area contributed by atoms with E-state index in [9.17, 15) is 18.4 Å². The summed E-state index contributed by atoms with van der Waals surface area (Å²) < 4.78 is 33.4. The number of carbonyl (C=O) groups is 2. The molecule has 0 saturated heterocycles. The number of benzene rings is 1. The quantitative estimate of drug-likeness (QED) is 0.616. The number of rotatable bonds is 2. The number of allylic oxidation sites excluding steroid dienone is 1. The van der Waals surface area contributed by atoms with E-state index in [4.69, 9.17) is 4.74 Å². The monoisotopic (exact) mass is 308 g/mol. The molecular weight excluding hydrogens is 290 g/mol. The summed E-state index contributed by atoms with van der Waals surface area (Å²) in [7, 11) is 0. The molecule has 0 aliphatic heterocycles. The fourth-order valence-corrected chi connectivity index (χ4v) is 2.29. The summed E-state index contributed by atoms with van der Waals surface area (Å²) in [6, 6.07) is 7.86. The maximum atomic E-state index is 14.2. The van der Waals surface area contributed by atoms with Crippen LogP contribution in [0.2, 0.25) is 0 Å². The van der Waals surface area contributed by atoms with Crippen LogP contribution in [-0.4, -0.2) is 23.8 Å². The Morgan fingerprint density at radius 1 is 1.23 bits per heavy atom. The maximum absolute atomic E-state index is 14.2. The number of ketones is 1. The molecule has 1 unspecified atom stereocenters. The number of Topliss-reactive ketones (excluding diaryl/α,β-unsaturated/α-hetero) is 1. The molecule has 1 atom stereocenters. The first-order valence-electron chi connectivity index (χ1n) is 7.06. The van der Waals surface area contributed by atoms with Gasteiger partial charge in [0.05, 0.1) is 5.56 Å². The third-order valence-corrected chi connectivity index (χ3v) is 3.59. The first-order chi connectivity index (χ1) is 10.2. The zero-order valence-corrected chi connectivity index (χ0v) is 12.5. The highest BCUT2D eigenvalue weighted by Crippen LogP contribution is 2.35. The van der Waals surface area contributed by atoms with Crippen molar-refractivity contribution >= 4 is 11.8 Å². The van der Waals surface area contributed by atoms with Crippen molar-refractivity contribution in [3.63, 3.8) is 0 Å². The van der Waals surface area contributed by atoms with E-state index in [1.807, 2.05) is 0 Å². The molecule has 0 spiro atoms. The van der Waals surface area contributed by atoms with E-state index in [2.05, 4.69) is 0 Å². The molecule has 2 rings (SSSR count). The summed E-state index contributed by atoms with van der Waals surface area (Å²) in [6.07, 6.45) is 0.991. The lowest BCUT2D eigenvalue weighted by molar-refractivity contribution is -0.158. The van der Waals surface area contributed by atoms with Gasteiger partial charge in [-0.2, -0.15) is 8.78 Å². The maximum Gasteiger partial charge on any atom is 0.344 e. The van der Waals surface area contributed by atoms with Gasteiger partial charge >= 0.3 is 11.9 Å². The second-order valence-electron chi connectivity index (χ2n) is 6.21. The highest BCUT2D eigenvalue weighted by molar-refractivity contribution is 5.91. The summed E-state index contributed by atoms with van der Waals surface area (Å²) in [5, 5.41) is 0. The predicted octanol–water partition coefficient (Wildman–Crippen LogP) is 3.79. The number of hydrogen-bond donors (Lipinski definition) is 0. The lowest BCUT2D eigenvalue weighted by Gasteiger charge is -2.30. The van der Waals surface area contributed by atoms with Gasteiger partial charge in [-0.3, -0.25) is 4.79 Å². The van der Waals surface area contributed by atoms with Gasteiger partial charge in [-0.05, 0) is 30.0 Å². The van der Waals surface area contributed by atoms with E-state index < -0.39 is 29.2 Å². The first-order valence-corrected chi connectivity index (χ1v) is 7.06. The Labute approximate surface area is 128 Å². The topological polar surface area (TPSA) is 43.4 Å². The van der Waals surface area contributed by atoms with E-state index in [0.29, 0.717) is 6.42 Å². The van der Waals surface area contributed by atoms with Crippen LogP contribution in [0.1, 0.15) is 37.0 Å². The number of halogens is 2. The molecule has 0 fully saturated rings. The van der Waals surface area contributed by atoms with Crippen LogP contribution in [0.25, 0.3) is 0 Å². The molecule has 1 aromatic rings. The van der Waals surface area contributed by atoms with E-state index in [0.717, 1.165) is 6.08 Å². The highest BCUT2D eigenvalue weighted by Gasteiger charge is 2.50. The zero-order chi connectivity index (χ0) is 16.4. The van der Waals surface area contributed by atoms with Gasteiger partial charge in [0.1, 0.15) is 0 Å². The Hall–Kier alpha value is -2.04. The average molecular weight is 308 g/mol. The van der Waals surface area contributed by atoms with Gasteiger partial charge in [0.25, 0.3) is 0 Å². The fraction of sp³-hybridized carbons (Fsp3) is 0.412. The second kappa shape index (κ2) is 5.99. The van der Waals surface area contributed by atoms with Crippen molar-refractivity contribution in [2.45, 2.75) is 38.7 Å². The standard InChI is InChI=1S/C17H18F2O3/c1-16(2)10-6-9-14(17(18,19)13(20)11-16)22-15(21)12-7-4-3-5-8-12/h3-9,14H,10-11H2,1-2H3/b9-6-. The second-order valence-corrected chi connectivity index (χ2v) is 6.21. The SMILES string of the molecule is CC1(C)C/C=C\C(OC(=O)c2ccccc2)C(F)(F)C(=O)C1. The lowest BCUT2D eigenvalue weighted by Crippen LogP contribution is -2.45. The highest BCUT2D eigenvalue weighted by atomic mass is 19.3. The molecular formula is C17H18F2O3. The van der Waals surface area contributed by atoms with Gasteiger partial charge in [-0.15, -0.1) is 0 Å². The Balaban J connectivity index is 2.23. The van der Waals surface area contributed by atoms with E-state index in [1.165, 1.54) is 12.1 Å². The van der Waals surface area contributed by atoms with Gasteiger partial charge in [0.15, 0.2) is 6.10 Å². The molecule has 1 aromatic carbocycles. The number of alkyl halides is 2. The molecule has 1 aliphatic carbocycles. The lowest BCUT2D eigenvalue weighted by atomic mass is 9.80. The third kappa shape index (κ3) is 3.59. The molecule has 0 N–H and O–H groups in total. The van der Waals surface area contributed by atoms with Crippen molar-refractivity contribution in [2.24, 2.45) is 5.41 Å². The van der Waals surface area contributed by atoms with Crippen molar-refractivity contribution < 1.29 is 23.1 Å². The summed E-state index contributed by atoms with van der Waals surface area (Å²) in [5.74, 6) is -5.80. The van der Waals surface area contributed by atoms with Crippen LogP contribution in [0.5, 0.6) is 0 Å². The van der Waals surface area contributed by atoms with E-state index in [-0.39, 0.29) is 12.0 Å². The minimum Gasteiger partial charge on any atom is -0.448 e. The van der Waals surface area contributed by atoms with Crippen molar-refractivity contribution in [3.05, 3.63) is 48.0 Å². The van der Waals surface area contributed by atoms with Crippen LogP contribution >= 0.6 is 0 Å². The summed E-state index contributed by atoms with van der Waals surface area (Å²) in [4.78, 5) is 23.8. The fourth-order valence-electron chi connectivity index (χ4n) is 2.29. The van der Waals surface area contributed by atoms with Crippen molar-refractivity contribution in [2.75, 3.05) is 0 Å². The smallest absolute Gasteiger partial charge is 0.344 e. The molecule has 0 heterocycles. The average Bonchev–Trinajstić information content (AvgIpc) is 2.45. The number of esters is 1. The molecule has 0 bridgehead atoms. The van der Waals surface area contributed by atoms with Gasteiger partial charge in [0.2, 0.25) is 5.78 Å². The van der Waals surface area contributed by atoms with Crippen molar-refractivity contribution in [3.8, 4) is 0 Å². The Morgan fingerprint density at radius 2 is 1.86 bits per heavy atom. The number of hydrogen-bond acceptors (Lipinski definition) is 3. The number of ether oxygens (including phenoxy) is 1. The molecule has 0 radical (unpaired) electrons. The van der Waals surface area contributed by atoms with Crippen LogP contribution in [0, 0.1) is 5.41 Å². The third-order valence-electron chi connectivity index (χ3n) is 3.59. The minimum atomic E-state index is -3.72. The number of carbonyl (C=O) groups excluding carboxylic acids is 2. The summed E-state index contributed by atoms with van der Waals surface area (Å²) in [6.45, 7) is 3.50. The van der Waals surface area contributed by atoms with Crippen molar-refractivity contribution in [1.82, 2.24) is 0 Å². The van der Waals surface area contributed by atoms with E-state index in [1.54, 1.807) is 38.1 Å². The molecule has 0 aromatic heterocycles. The van der Waals surface area contributed by atoms with Gasteiger partial charge in [-0.1, -0.05) is 38.1 Å². The van der Waals surface area contributed by atoms with Crippen LogP contribution < -0.4 is 0 Å². The van der Waals surface area contributed by atoms with Crippen molar-refractivity contribution in [1.29, 1.82) is 0 Å². The van der Waals surface area contributed by atoms with Crippen LogP contribution in [0.3, 0.4) is 0 Å². The summed E-state index contributed by atoms with van der Waals surface area (Å²) in [5.41, 5.74) is -0.368. The van der Waals surface area contributed by atoms with Crippen LogP contribution in [0.4, 0.5) is 8.78 Å². The van der Waals surface area contributed by atoms with Crippen LogP contribution in [-0.2, 0) is 9.53 Å². The Bertz CT molecular complexity index is 591. The normalized spacial score (nSPS) is 24.9. The van der Waals surface area contributed by atoms with Gasteiger partial charge in [-0.25, -0.2) is 4.79 Å². The molecule has 5 heteroatoms. The molecule has 1 aliphatic rings. The molecule has 0 saturated carbocycles. The molecule has 3 nitrogen and oxygen atoms in total. The minimum absolute atomic E-state index is 0.168. The Kier molecular flexibility index (Phi) is 4.44. The molecule has 118 valence electrons. The predicted molar refractivity (Wildman–Crippen MR) is 77.8 cm³/mol. The van der Waals surface area contributed by atoms with Gasteiger partial charge < -0.3 is 4.74 Å².